The summed E-state index contributed by atoms with van der Waals surface area (Å²) in [4.78, 5) is 35.7. The molecule has 0 radical (unpaired) electrons. The zero-order chi connectivity index (χ0) is 19.8. The second-order valence-electron chi connectivity index (χ2n) is 5.78. The summed E-state index contributed by atoms with van der Waals surface area (Å²) >= 11 is 4.98. The van der Waals surface area contributed by atoms with Crippen molar-refractivity contribution in [2.24, 2.45) is 0 Å². The third-order valence-electron chi connectivity index (χ3n) is 3.89. The minimum atomic E-state index is -1.82. The number of piperazine rings is 1. The lowest BCUT2D eigenvalue weighted by molar-refractivity contribution is -0.159. The number of aliphatic carboxylic acids is 2. The van der Waals surface area contributed by atoms with Crippen LogP contribution < -0.4 is 0 Å². The molecule has 0 bridgehead atoms. The Morgan fingerprint density at radius 1 is 0.963 bits per heavy atom. The van der Waals surface area contributed by atoms with Crippen LogP contribution in [0.2, 0.25) is 0 Å². The average Bonchev–Trinajstić information content (AvgIpc) is 3.19. The molecule has 0 saturated carbocycles. The van der Waals surface area contributed by atoms with Crippen molar-refractivity contribution in [2.45, 2.75) is 6.54 Å². The Bertz CT molecular complexity index is 760. The van der Waals surface area contributed by atoms with Crippen LogP contribution in [0.25, 0.3) is 0 Å². The number of halogens is 1. The van der Waals surface area contributed by atoms with Gasteiger partial charge in [0.15, 0.2) is 0 Å². The first-order chi connectivity index (χ1) is 12.9. The summed E-state index contributed by atoms with van der Waals surface area (Å²) < 4.78 is 1.11. The summed E-state index contributed by atoms with van der Waals surface area (Å²) in [6.07, 6.45) is 0. The molecule has 1 aliphatic rings. The van der Waals surface area contributed by atoms with Gasteiger partial charge in [-0.15, -0.1) is 11.3 Å². The van der Waals surface area contributed by atoms with Gasteiger partial charge in [0.25, 0.3) is 5.91 Å². The van der Waals surface area contributed by atoms with Crippen molar-refractivity contribution in [3.8, 4) is 0 Å². The van der Waals surface area contributed by atoms with E-state index in [1.807, 2.05) is 22.4 Å². The largest absolute Gasteiger partial charge is 0.473 e. The Hall–Kier alpha value is -2.23. The van der Waals surface area contributed by atoms with Crippen LogP contribution in [-0.2, 0) is 16.1 Å². The normalized spacial score (nSPS) is 14.2. The van der Waals surface area contributed by atoms with E-state index in [4.69, 9.17) is 19.8 Å². The van der Waals surface area contributed by atoms with Crippen molar-refractivity contribution in [1.29, 1.82) is 0 Å². The second-order valence-corrected chi connectivity index (χ2v) is 7.65. The van der Waals surface area contributed by atoms with Gasteiger partial charge in [0.05, 0.1) is 4.88 Å². The number of thiophene rings is 1. The maximum absolute atomic E-state index is 12.3. The van der Waals surface area contributed by atoms with Crippen molar-refractivity contribution < 1.29 is 24.6 Å². The van der Waals surface area contributed by atoms with Crippen LogP contribution in [-0.4, -0.2) is 64.0 Å². The number of benzene rings is 1. The summed E-state index contributed by atoms with van der Waals surface area (Å²) in [7, 11) is 0. The Kier molecular flexibility index (Phi) is 7.96. The predicted molar refractivity (Wildman–Crippen MR) is 105 cm³/mol. The topological polar surface area (TPSA) is 98.1 Å². The van der Waals surface area contributed by atoms with Crippen molar-refractivity contribution in [3.63, 3.8) is 0 Å². The highest BCUT2D eigenvalue weighted by atomic mass is 79.9. The number of hydrogen-bond acceptors (Lipinski definition) is 5. The molecule has 1 saturated heterocycles. The average molecular weight is 455 g/mol. The first kappa shape index (κ1) is 21.1. The highest BCUT2D eigenvalue weighted by Gasteiger charge is 2.22. The lowest BCUT2D eigenvalue weighted by Crippen LogP contribution is -2.48. The number of carbonyl (C=O) groups excluding carboxylic acids is 1. The number of carboxylic acids is 2. The molecule has 1 fully saturated rings. The third-order valence-corrected chi connectivity index (χ3v) is 5.28. The number of carboxylic acid groups (broad SMARTS) is 2. The van der Waals surface area contributed by atoms with E-state index in [0.29, 0.717) is 0 Å². The van der Waals surface area contributed by atoms with Gasteiger partial charge in [-0.25, -0.2) is 9.59 Å². The number of nitrogens with zero attached hydrogens (tertiary/aromatic N) is 2. The van der Waals surface area contributed by atoms with Crippen LogP contribution in [0.3, 0.4) is 0 Å². The van der Waals surface area contributed by atoms with Crippen LogP contribution in [0, 0.1) is 0 Å². The zero-order valence-electron chi connectivity index (χ0n) is 14.4. The monoisotopic (exact) mass is 454 g/mol. The molecule has 2 heterocycles. The molecule has 0 spiro atoms. The van der Waals surface area contributed by atoms with Gasteiger partial charge in [-0.2, -0.15) is 0 Å². The maximum atomic E-state index is 12.3. The van der Waals surface area contributed by atoms with Crippen LogP contribution in [0.4, 0.5) is 0 Å². The molecule has 9 heteroatoms. The Labute approximate surface area is 169 Å². The van der Waals surface area contributed by atoms with Crippen LogP contribution in [0.15, 0.2) is 46.3 Å². The van der Waals surface area contributed by atoms with Gasteiger partial charge >= 0.3 is 11.9 Å². The van der Waals surface area contributed by atoms with Gasteiger partial charge in [0.1, 0.15) is 0 Å². The van der Waals surface area contributed by atoms with E-state index in [2.05, 4.69) is 45.1 Å². The first-order valence-corrected chi connectivity index (χ1v) is 9.80. The highest BCUT2D eigenvalue weighted by Crippen LogP contribution is 2.16. The van der Waals surface area contributed by atoms with E-state index in [0.717, 1.165) is 42.1 Å². The fourth-order valence-electron chi connectivity index (χ4n) is 2.51. The first-order valence-electron chi connectivity index (χ1n) is 8.12. The molecule has 2 N–H and O–H groups in total. The summed E-state index contributed by atoms with van der Waals surface area (Å²) in [5, 5.41) is 16.7. The maximum Gasteiger partial charge on any atom is 0.414 e. The summed E-state index contributed by atoms with van der Waals surface area (Å²) in [6.45, 7) is 4.45. The predicted octanol–water partition coefficient (Wildman–Crippen LogP) is 2.62. The quantitative estimate of drug-likeness (QED) is 0.691. The molecule has 3 rings (SSSR count). The van der Waals surface area contributed by atoms with E-state index >= 15 is 0 Å². The molecule has 1 aromatic carbocycles. The smallest absolute Gasteiger partial charge is 0.414 e. The molecule has 7 nitrogen and oxygen atoms in total. The highest BCUT2D eigenvalue weighted by molar-refractivity contribution is 9.10. The third kappa shape index (κ3) is 6.78. The molecule has 1 aromatic heterocycles. The van der Waals surface area contributed by atoms with Crippen molar-refractivity contribution >= 4 is 45.1 Å². The fourth-order valence-corrected chi connectivity index (χ4v) is 3.47. The summed E-state index contributed by atoms with van der Waals surface area (Å²) in [5.74, 6) is -3.47. The summed E-state index contributed by atoms with van der Waals surface area (Å²) in [6, 6.07) is 12.3. The molecule has 1 aliphatic heterocycles. The molecule has 144 valence electrons. The van der Waals surface area contributed by atoms with Crippen molar-refractivity contribution in [2.75, 3.05) is 26.2 Å². The minimum absolute atomic E-state index is 0.174. The van der Waals surface area contributed by atoms with Crippen LogP contribution >= 0.6 is 27.3 Å². The Balaban J connectivity index is 0.000000380. The van der Waals surface area contributed by atoms with E-state index in [1.54, 1.807) is 0 Å². The van der Waals surface area contributed by atoms with E-state index in [1.165, 1.54) is 16.9 Å². The van der Waals surface area contributed by atoms with Crippen LogP contribution in [0.5, 0.6) is 0 Å². The van der Waals surface area contributed by atoms with Gasteiger partial charge in [0.2, 0.25) is 0 Å². The molecule has 0 aliphatic carbocycles. The molecule has 0 unspecified atom stereocenters. The molecule has 1 amide bonds. The number of hydrogen-bond donors (Lipinski definition) is 2. The van der Waals surface area contributed by atoms with Gasteiger partial charge in [0, 0.05) is 37.2 Å². The van der Waals surface area contributed by atoms with Gasteiger partial charge in [-0.3, -0.25) is 9.69 Å². The SMILES string of the molecule is O=C(O)C(=O)O.O=C(c1cccs1)N1CCN(Cc2ccc(Br)cc2)CC1. The van der Waals surface area contributed by atoms with Gasteiger partial charge < -0.3 is 15.1 Å². The molecular weight excluding hydrogens is 436 g/mol. The Morgan fingerprint density at radius 2 is 1.56 bits per heavy atom. The van der Waals surface area contributed by atoms with Gasteiger partial charge in [-0.1, -0.05) is 34.1 Å². The van der Waals surface area contributed by atoms with E-state index in [-0.39, 0.29) is 5.91 Å². The lowest BCUT2D eigenvalue weighted by atomic mass is 10.2. The second kappa shape index (κ2) is 10.2. The molecule has 2 aromatic rings. The fraction of sp³-hybridized carbons (Fsp3) is 0.278. The summed E-state index contributed by atoms with van der Waals surface area (Å²) in [5.41, 5.74) is 1.32. The molecule has 0 atom stereocenters. The van der Waals surface area contributed by atoms with Crippen molar-refractivity contribution in [1.82, 2.24) is 9.80 Å². The van der Waals surface area contributed by atoms with Crippen molar-refractivity contribution in [3.05, 3.63) is 56.7 Å². The van der Waals surface area contributed by atoms with Gasteiger partial charge in [-0.05, 0) is 29.1 Å². The minimum Gasteiger partial charge on any atom is -0.473 e. The molecular formula is C18H19BrN2O5S. The lowest BCUT2D eigenvalue weighted by Gasteiger charge is -2.34. The molecule has 27 heavy (non-hydrogen) atoms. The standard InChI is InChI=1S/C16H17BrN2OS.C2H2O4/c17-14-5-3-13(4-6-14)12-18-7-9-19(10-8-18)16(20)15-2-1-11-21-15;3-1(4)2(5)6/h1-6,11H,7-10,12H2;(H,3,4)(H,5,6). The Morgan fingerprint density at radius 3 is 2.04 bits per heavy atom. The number of rotatable bonds is 3. The zero-order valence-corrected chi connectivity index (χ0v) is 16.8. The number of amides is 1. The number of carbonyl (C=O) groups is 3. The van der Waals surface area contributed by atoms with Crippen LogP contribution in [0.1, 0.15) is 15.2 Å². The van der Waals surface area contributed by atoms with E-state index < -0.39 is 11.9 Å². The van der Waals surface area contributed by atoms with E-state index in [9.17, 15) is 4.79 Å².